The van der Waals surface area contributed by atoms with E-state index in [1.165, 1.54) is 0 Å². The standard InChI is InChI=1S/C17H17Cl2N3O2/c18-12-4-5-15(14(19)9-12)24-11-17(23)21-13-6-8-22(10-13)16-3-1-2-7-20-16/h1-5,7,9,13H,6,8,10-11H2,(H,21,23). The third kappa shape index (κ3) is 4.30. The minimum Gasteiger partial charge on any atom is -0.482 e. The van der Waals surface area contributed by atoms with Gasteiger partial charge in [-0.05, 0) is 36.8 Å². The Bertz CT molecular complexity index is 712. The van der Waals surface area contributed by atoms with E-state index in [2.05, 4.69) is 15.2 Å². The number of amides is 1. The number of nitrogens with zero attached hydrogens (tertiary/aromatic N) is 2. The van der Waals surface area contributed by atoms with Crippen molar-refractivity contribution < 1.29 is 9.53 Å². The molecule has 0 bridgehead atoms. The van der Waals surface area contributed by atoms with Crippen molar-refractivity contribution in [2.75, 3.05) is 24.6 Å². The van der Waals surface area contributed by atoms with Crippen molar-refractivity contribution in [2.45, 2.75) is 12.5 Å². The summed E-state index contributed by atoms with van der Waals surface area (Å²) in [6, 6.07) is 10.8. The number of ether oxygens (including phenoxy) is 1. The Labute approximate surface area is 150 Å². The van der Waals surface area contributed by atoms with Gasteiger partial charge >= 0.3 is 0 Å². The maximum atomic E-state index is 12.1. The maximum Gasteiger partial charge on any atom is 0.258 e. The predicted octanol–water partition coefficient (Wildman–Crippen LogP) is 3.16. The number of rotatable bonds is 5. The lowest BCUT2D eigenvalue weighted by molar-refractivity contribution is -0.123. The zero-order valence-electron chi connectivity index (χ0n) is 12.9. The second kappa shape index (κ2) is 7.73. The Morgan fingerprint density at radius 2 is 2.21 bits per heavy atom. The van der Waals surface area contributed by atoms with Crippen LogP contribution in [0.25, 0.3) is 0 Å². The van der Waals surface area contributed by atoms with E-state index in [1.807, 2.05) is 18.2 Å². The molecule has 7 heteroatoms. The molecular formula is C17H17Cl2N3O2. The summed E-state index contributed by atoms with van der Waals surface area (Å²) in [5, 5.41) is 3.89. The number of hydrogen-bond acceptors (Lipinski definition) is 4. The van der Waals surface area contributed by atoms with Crippen molar-refractivity contribution in [1.29, 1.82) is 0 Å². The van der Waals surface area contributed by atoms with E-state index in [4.69, 9.17) is 27.9 Å². The molecule has 2 heterocycles. The summed E-state index contributed by atoms with van der Waals surface area (Å²) < 4.78 is 5.45. The molecule has 1 aliphatic rings. The van der Waals surface area contributed by atoms with Crippen molar-refractivity contribution in [1.82, 2.24) is 10.3 Å². The first-order valence-electron chi connectivity index (χ1n) is 7.65. The first-order valence-corrected chi connectivity index (χ1v) is 8.40. The lowest BCUT2D eigenvalue weighted by Gasteiger charge is -2.17. The Hall–Kier alpha value is -1.98. The molecule has 126 valence electrons. The van der Waals surface area contributed by atoms with Crippen molar-refractivity contribution in [3.8, 4) is 5.75 Å². The van der Waals surface area contributed by atoms with Gasteiger partial charge in [0.05, 0.1) is 5.02 Å². The number of carbonyl (C=O) groups excluding carboxylic acids is 1. The smallest absolute Gasteiger partial charge is 0.258 e. The third-order valence-electron chi connectivity index (χ3n) is 3.78. The second-order valence-electron chi connectivity index (χ2n) is 5.55. The SMILES string of the molecule is O=C(COc1ccc(Cl)cc1Cl)NC1CCN(c2ccccn2)C1. The molecule has 1 aliphatic heterocycles. The van der Waals surface area contributed by atoms with Crippen LogP contribution in [0.1, 0.15) is 6.42 Å². The number of aromatic nitrogens is 1. The minimum absolute atomic E-state index is 0.0819. The Morgan fingerprint density at radius 3 is 2.96 bits per heavy atom. The van der Waals surface area contributed by atoms with E-state index in [9.17, 15) is 4.79 Å². The molecular weight excluding hydrogens is 349 g/mol. The van der Waals surface area contributed by atoms with Gasteiger partial charge in [0.2, 0.25) is 0 Å². The molecule has 1 N–H and O–H groups in total. The van der Waals surface area contributed by atoms with Crippen LogP contribution in [0.4, 0.5) is 5.82 Å². The highest BCUT2D eigenvalue weighted by atomic mass is 35.5. The lowest BCUT2D eigenvalue weighted by Crippen LogP contribution is -2.39. The van der Waals surface area contributed by atoms with Crippen molar-refractivity contribution >= 4 is 34.9 Å². The second-order valence-corrected chi connectivity index (χ2v) is 6.39. The number of nitrogens with one attached hydrogen (secondary N) is 1. The van der Waals surface area contributed by atoms with Gasteiger partial charge in [0, 0.05) is 30.4 Å². The first-order chi connectivity index (χ1) is 11.6. The minimum atomic E-state index is -0.172. The normalized spacial score (nSPS) is 16.9. The largest absolute Gasteiger partial charge is 0.482 e. The highest BCUT2D eigenvalue weighted by Gasteiger charge is 2.24. The van der Waals surface area contributed by atoms with E-state index >= 15 is 0 Å². The molecule has 0 saturated carbocycles. The molecule has 2 aromatic rings. The van der Waals surface area contributed by atoms with Crippen LogP contribution in [-0.4, -0.2) is 36.6 Å². The summed E-state index contributed by atoms with van der Waals surface area (Å²) in [6.07, 6.45) is 2.65. The van der Waals surface area contributed by atoms with Crippen LogP contribution in [0.15, 0.2) is 42.6 Å². The summed E-state index contributed by atoms with van der Waals surface area (Å²) in [7, 11) is 0. The maximum absolute atomic E-state index is 12.1. The van der Waals surface area contributed by atoms with Gasteiger partial charge in [-0.25, -0.2) is 4.98 Å². The molecule has 1 aromatic carbocycles. The fourth-order valence-corrected chi connectivity index (χ4v) is 3.09. The molecule has 1 atom stereocenters. The Morgan fingerprint density at radius 1 is 1.33 bits per heavy atom. The van der Waals surface area contributed by atoms with Crippen LogP contribution in [0, 0.1) is 0 Å². The van der Waals surface area contributed by atoms with Gasteiger partial charge in [-0.15, -0.1) is 0 Å². The van der Waals surface area contributed by atoms with Gasteiger partial charge in [-0.2, -0.15) is 0 Å². The molecule has 24 heavy (non-hydrogen) atoms. The lowest BCUT2D eigenvalue weighted by atomic mass is 10.2. The fraction of sp³-hybridized carbons (Fsp3) is 0.294. The summed E-state index contributed by atoms with van der Waals surface area (Å²) in [5.74, 6) is 1.20. The average molecular weight is 366 g/mol. The Balaban J connectivity index is 1.47. The van der Waals surface area contributed by atoms with E-state index in [0.29, 0.717) is 15.8 Å². The van der Waals surface area contributed by atoms with Gasteiger partial charge in [-0.3, -0.25) is 4.79 Å². The van der Waals surface area contributed by atoms with Crippen LogP contribution in [0.3, 0.4) is 0 Å². The molecule has 1 fully saturated rings. The fourth-order valence-electron chi connectivity index (χ4n) is 2.63. The summed E-state index contributed by atoms with van der Waals surface area (Å²) in [4.78, 5) is 18.5. The number of halogens is 2. The topological polar surface area (TPSA) is 54.5 Å². The molecule has 0 spiro atoms. The molecule has 3 rings (SSSR count). The number of carbonyl (C=O) groups is 1. The van der Waals surface area contributed by atoms with E-state index in [1.54, 1.807) is 24.4 Å². The zero-order valence-corrected chi connectivity index (χ0v) is 14.4. The van der Waals surface area contributed by atoms with E-state index in [-0.39, 0.29) is 18.6 Å². The number of pyridine rings is 1. The van der Waals surface area contributed by atoms with Gasteiger partial charge in [-0.1, -0.05) is 29.3 Å². The average Bonchev–Trinajstić information content (AvgIpc) is 3.03. The van der Waals surface area contributed by atoms with Gasteiger partial charge < -0.3 is 15.0 Å². The first kappa shape index (κ1) is 16.9. The summed E-state index contributed by atoms with van der Waals surface area (Å²) >= 11 is 11.8. The van der Waals surface area contributed by atoms with Crippen molar-refractivity contribution in [3.63, 3.8) is 0 Å². The number of anilines is 1. The molecule has 5 nitrogen and oxygen atoms in total. The molecule has 1 aromatic heterocycles. The highest BCUT2D eigenvalue weighted by Crippen LogP contribution is 2.27. The molecule has 1 saturated heterocycles. The van der Waals surface area contributed by atoms with Gasteiger partial charge in [0.15, 0.2) is 6.61 Å². The molecule has 1 unspecified atom stereocenters. The van der Waals surface area contributed by atoms with E-state index < -0.39 is 0 Å². The highest BCUT2D eigenvalue weighted by molar-refractivity contribution is 6.35. The van der Waals surface area contributed by atoms with E-state index in [0.717, 1.165) is 25.3 Å². The van der Waals surface area contributed by atoms with Crippen LogP contribution in [0.2, 0.25) is 10.0 Å². The summed E-state index contributed by atoms with van der Waals surface area (Å²) in [5.41, 5.74) is 0. The van der Waals surface area contributed by atoms with Crippen molar-refractivity contribution in [2.24, 2.45) is 0 Å². The number of benzene rings is 1. The van der Waals surface area contributed by atoms with Crippen molar-refractivity contribution in [3.05, 3.63) is 52.6 Å². The summed E-state index contributed by atoms with van der Waals surface area (Å²) in [6.45, 7) is 1.53. The van der Waals surface area contributed by atoms with Crippen LogP contribution in [0.5, 0.6) is 5.75 Å². The third-order valence-corrected chi connectivity index (χ3v) is 4.31. The molecule has 0 radical (unpaired) electrons. The van der Waals surface area contributed by atoms with Crippen LogP contribution >= 0.6 is 23.2 Å². The Kier molecular flexibility index (Phi) is 5.43. The monoisotopic (exact) mass is 365 g/mol. The quantitative estimate of drug-likeness (QED) is 0.883. The predicted molar refractivity (Wildman–Crippen MR) is 95.0 cm³/mol. The zero-order chi connectivity index (χ0) is 16.9. The van der Waals surface area contributed by atoms with Gasteiger partial charge in [0.1, 0.15) is 11.6 Å². The molecule has 1 amide bonds. The van der Waals surface area contributed by atoms with Crippen LogP contribution in [-0.2, 0) is 4.79 Å². The van der Waals surface area contributed by atoms with Gasteiger partial charge in [0.25, 0.3) is 5.91 Å². The molecule has 0 aliphatic carbocycles. The number of hydrogen-bond donors (Lipinski definition) is 1. The van der Waals surface area contributed by atoms with Crippen LogP contribution < -0.4 is 15.0 Å².